The summed E-state index contributed by atoms with van der Waals surface area (Å²) in [5.74, 6) is -1.37. The van der Waals surface area contributed by atoms with E-state index in [1.165, 1.54) is 24.3 Å². The number of amides is 2. The van der Waals surface area contributed by atoms with Crippen molar-refractivity contribution < 1.29 is 14.0 Å². The summed E-state index contributed by atoms with van der Waals surface area (Å²) >= 11 is 12.4. The molecule has 2 aliphatic heterocycles. The van der Waals surface area contributed by atoms with Gasteiger partial charge in [-0.1, -0.05) is 48.3 Å². The molecule has 4 nitrogen and oxygen atoms in total. The Bertz CT molecular complexity index is 1040. The summed E-state index contributed by atoms with van der Waals surface area (Å²) < 4.78 is 14.5. The largest absolute Gasteiger partial charge is 0.366 e. The Morgan fingerprint density at radius 3 is 2.52 bits per heavy atom. The van der Waals surface area contributed by atoms with Crippen molar-refractivity contribution in [3.8, 4) is 0 Å². The van der Waals surface area contributed by atoms with E-state index in [2.05, 4.69) is 6.92 Å². The zero-order valence-corrected chi connectivity index (χ0v) is 17.3. The fraction of sp³-hybridized carbons (Fsp3) is 0.273. The quantitative estimate of drug-likeness (QED) is 0.629. The third kappa shape index (κ3) is 3.53. The van der Waals surface area contributed by atoms with Crippen LogP contribution in [0.5, 0.6) is 0 Å². The van der Waals surface area contributed by atoms with Gasteiger partial charge in [-0.3, -0.25) is 9.59 Å². The van der Waals surface area contributed by atoms with Gasteiger partial charge in [0.25, 0.3) is 11.8 Å². The third-order valence-corrected chi connectivity index (χ3v) is 5.87. The molecule has 2 amide bonds. The van der Waals surface area contributed by atoms with Gasteiger partial charge in [0, 0.05) is 23.7 Å². The molecule has 0 radical (unpaired) electrons. The maximum absolute atomic E-state index is 14.5. The molecule has 2 aromatic carbocycles. The number of carbonyl (C=O) groups is 2. The van der Waals surface area contributed by atoms with E-state index in [0.29, 0.717) is 29.6 Å². The second-order valence-corrected chi connectivity index (χ2v) is 8.28. The van der Waals surface area contributed by atoms with E-state index in [-0.39, 0.29) is 22.0 Å². The number of para-hydroxylation sites is 1. The van der Waals surface area contributed by atoms with Crippen molar-refractivity contribution in [1.82, 2.24) is 4.90 Å². The predicted molar refractivity (Wildman–Crippen MR) is 112 cm³/mol. The minimum Gasteiger partial charge on any atom is -0.366 e. The predicted octanol–water partition coefficient (Wildman–Crippen LogP) is 5.15. The minimum atomic E-state index is -0.635. The van der Waals surface area contributed by atoms with E-state index >= 15 is 0 Å². The molecule has 2 heterocycles. The molecule has 0 saturated carbocycles. The number of imide groups is 1. The summed E-state index contributed by atoms with van der Waals surface area (Å²) in [5.41, 5.74) is 0.815. The van der Waals surface area contributed by atoms with E-state index in [4.69, 9.17) is 23.2 Å². The van der Waals surface area contributed by atoms with Gasteiger partial charge in [0.2, 0.25) is 0 Å². The van der Waals surface area contributed by atoms with Crippen LogP contribution in [0.25, 0.3) is 5.57 Å². The lowest BCUT2D eigenvalue weighted by atomic mass is 9.97. The highest BCUT2D eigenvalue weighted by Crippen LogP contribution is 2.39. The molecule has 0 aromatic heterocycles. The number of halogens is 3. The molecule has 0 spiro atoms. The van der Waals surface area contributed by atoms with Crippen molar-refractivity contribution in [2.75, 3.05) is 18.0 Å². The van der Waals surface area contributed by atoms with Gasteiger partial charge >= 0.3 is 0 Å². The lowest BCUT2D eigenvalue weighted by molar-refractivity contribution is -0.120. The van der Waals surface area contributed by atoms with Crippen LogP contribution in [-0.4, -0.2) is 29.8 Å². The van der Waals surface area contributed by atoms with Crippen molar-refractivity contribution in [2.24, 2.45) is 5.92 Å². The van der Waals surface area contributed by atoms with Crippen molar-refractivity contribution in [3.05, 3.63) is 69.6 Å². The Kier molecular flexibility index (Phi) is 5.36. The SMILES string of the molecule is CC1CCCN(C2=C(c3ccc(Cl)cc3Cl)C(=O)N(c3ccccc3F)C2=O)C1. The average molecular weight is 433 g/mol. The maximum Gasteiger partial charge on any atom is 0.282 e. The molecule has 1 saturated heterocycles. The van der Waals surface area contributed by atoms with Gasteiger partial charge in [0.15, 0.2) is 0 Å². The van der Waals surface area contributed by atoms with Crippen LogP contribution in [-0.2, 0) is 9.59 Å². The summed E-state index contributed by atoms with van der Waals surface area (Å²) in [6.45, 7) is 3.41. The zero-order chi connectivity index (χ0) is 20.7. The first kappa shape index (κ1) is 19.9. The summed E-state index contributed by atoms with van der Waals surface area (Å²) in [7, 11) is 0. The number of piperidine rings is 1. The van der Waals surface area contributed by atoms with E-state index < -0.39 is 17.6 Å². The molecular formula is C22H19Cl2FN2O2. The molecule has 29 heavy (non-hydrogen) atoms. The van der Waals surface area contributed by atoms with Crippen molar-refractivity contribution in [3.63, 3.8) is 0 Å². The van der Waals surface area contributed by atoms with Crippen LogP contribution >= 0.6 is 23.2 Å². The molecule has 0 N–H and O–H groups in total. The van der Waals surface area contributed by atoms with Gasteiger partial charge in [0.05, 0.1) is 16.3 Å². The van der Waals surface area contributed by atoms with Gasteiger partial charge in [-0.05, 0) is 43.0 Å². The number of nitrogens with zero attached hydrogens (tertiary/aromatic N) is 2. The molecule has 0 aliphatic carbocycles. The normalized spacial score (nSPS) is 20.1. The lowest BCUT2D eigenvalue weighted by Gasteiger charge is -2.33. The minimum absolute atomic E-state index is 0.0647. The van der Waals surface area contributed by atoms with E-state index in [9.17, 15) is 14.0 Å². The smallest absolute Gasteiger partial charge is 0.282 e. The standard InChI is InChI=1S/C22H19Cl2FN2O2/c1-13-5-4-10-26(12-13)20-19(15-9-8-14(23)11-16(15)24)21(28)27(22(20)29)18-7-3-2-6-17(18)25/h2-3,6-9,11,13H,4-5,10,12H2,1H3. The average Bonchev–Trinajstić information content (AvgIpc) is 2.93. The molecule has 150 valence electrons. The van der Waals surface area contributed by atoms with E-state index in [1.807, 2.05) is 4.90 Å². The van der Waals surface area contributed by atoms with Crippen LogP contribution in [0.3, 0.4) is 0 Å². The summed E-state index contributed by atoms with van der Waals surface area (Å²) in [5, 5.41) is 0.696. The number of likely N-dealkylation sites (tertiary alicyclic amines) is 1. The molecule has 2 aromatic rings. The molecule has 7 heteroatoms. The monoisotopic (exact) mass is 432 g/mol. The van der Waals surface area contributed by atoms with Crippen LogP contribution in [0.2, 0.25) is 10.0 Å². The van der Waals surface area contributed by atoms with Crippen LogP contribution < -0.4 is 4.90 Å². The zero-order valence-electron chi connectivity index (χ0n) is 15.8. The maximum atomic E-state index is 14.5. The Hall–Kier alpha value is -2.37. The Morgan fingerprint density at radius 2 is 1.83 bits per heavy atom. The summed E-state index contributed by atoms with van der Waals surface area (Å²) in [6, 6.07) is 10.5. The molecule has 1 unspecified atom stereocenters. The molecule has 1 fully saturated rings. The fourth-order valence-electron chi connectivity index (χ4n) is 3.99. The van der Waals surface area contributed by atoms with Crippen molar-refractivity contribution in [1.29, 1.82) is 0 Å². The van der Waals surface area contributed by atoms with Crippen molar-refractivity contribution >= 4 is 46.3 Å². The van der Waals surface area contributed by atoms with Crippen molar-refractivity contribution in [2.45, 2.75) is 19.8 Å². The Labute approximate surface area is 178 Å². The van der Waals surface area contributed by atoms with Gasteiger partial charge < -0.3 is 4.90 Å². The molecule has 4 rings (SSSR count). The third-order valence-electron chi connectivity index (χ3n) is 5.33. The first-order valence-corrected chi connectivity index (χ1v) is 10.2. The fourth-order valence-corrected chi connectivity index (χ4v) is 4.49. The number of rotatable bonds is 3. The second-order valence-electron chi connectivity index (χ2n) is 7.44. The molecule has 1 atom stereocenters. The first-order chi connectivity index (χ1) is 13.9. The highest BCUT2D eigenvalue weighted by atomic mass is 35.5. The number of anilines is 1. The van der Waals surface area contributed by atoms with Crippen LogP contribution in [0.15, 0.2) is 48.2 Å². The highest BCUT2D eigenvalue weighted by Gasteiger charge is 2.44. The number of benzene rings is 2. The number of carbonyl (C=O) groups excluding carboxylic acids is 2. The Morgan fingerprint density at radius 1 is 1.07 bits per heavy atom. The topological polar surface area (TPSA) is 40.6 Å². The van der Waals surface area contributed by atoms with Gasteiger partial charge in [-0.15, -0.1) is 0 Å². The number of hydrogen-bond acceptors (Lipinski definition) is 3. The van der Waals surface area contributed by atoms with Gasteiger partial charge in [0.1, 0.15) is 11.5 Å². The van der Waals surface area contributed by atoms with E-state index in [1.54, 1.807) is 18.2 Å². The lowest BCUT2D eigenvalue weighted by Crippen LogP contribution is -2.39. The molecule has 2 aliphatic rings. The van der Waals surface area contributed by atoms with Gasteiger partial charge in [-0.2, -0.15) is 0 Å². The van der Waals surface area contributed by atoms with Crippen LogP contribution in [0.1, 0.15) is 25.3 Å². The van der Waals surface area contributed by atoms with Crippen LogP contribution in [0, 0.1) is 11.7 Å². The summed E-state index contributed by atoms with van der Waals surface area (Å²) in [6.07, 6.45) is 1.97. The number of hydrogen-bond donors (Lipinski definition) is 0. The molecule has 0 bridgehead atoms. The van der Waals surface area contributed by atoms with Crippen LogP contribution in [0.4, 0.5) is 10.1 Å². The second kappa shape index (κ2) is 7.81. The Balaban J connectivity index is 1.88. The van der Waals surface area contributed by atoms with Gasteiger partial charge in [-0.25, -0.2) is 9.29 Å². The highest BCUT2D eigenvalue weighted by molar-refractivity contribution is 6.47. The molecular weight excluding hydrogens is 414 g/mol. The first-order valence-electron chi connectivity index (χ1n) is 9.46. The van der Waals surface area contributed by atoms with E-state index in [0.717, 1.165) is 17.7 Å². The summed E-state index contributed by atoms with van der Waals surface area (Å²) in [4.78, 5) is 29.6.